The van der Waals surface area contributed by atoms with Crippen molar-refractivity contribution in [3.8, 4) is 16.9 Å². The van der Waals surface area contributed by atoms with Crippen molar-refractivity contribution in [1.29, 1.82) is 0 Å². The largest absolute Gasteiger partial charge is 0.511 e. The summed E-state index contributed by atoms with van der Waals surface area (Å²) in [6.07, 6.45) is 0.278. The van der Waals surface area contributed by atoms with Crippen molar-refractivity contribution in [2.24, 2.45) is 22.7 Å². The van der Waals surface area contributed by atoms with Crippen molar-refractivity contribution in [2.75, 3.05) is 0 Å². The Morgan fingerprint density at radius 3 is 2.04 bits per heavy atom. The SMILES string of the molecule is CC(=O)C1=C(O)C(C(C)C)[C@@]2(C)C[C@@]3(C)Cc4c(-c5ccc(C(C)C)cc5)cc(C(C)(C)C)c(O)c4C(=O)C3=C(O)[C@@]2(O)C1=O. The number of phenolic OH excluding ortho intramolecular Hbond substituents is 1. The Balaban J connectivity index is 1.85. The molecule has 0 saturated carbocycles. The lowest BCUT2D eigenvalue weighted by molar-refractivity contribution is -0.171. The summed E-state index contributed by atoms with van der Waals surface area (Å²) in [5.41, 5.74) is -2.35. The number of hydrogen-bond donors (Lipinski definition) is 4. The second kappa shape index (κ2) is 10.1. The van der Waals surface area contributed by atoms with Crippen molar-refractivity contribution in [1.82, 2.24) is 0 Å². The molecule has 7 heteroatoms. The summed E-state index contributed by atoms with van der Waals surface area (Å²) in [7, 11) is 0. The van der Waals surface area contributed by atoms with Gasteiger partial charge in [0, 0.05) is 27.9 Å². The van der Waals surface area contributed by atoms with Gasteiger partial charge in [0.1, 0.15) is 22.8 Å². The highest BCUT2D eigenvalue weighted by atomic mass is 16.3. The van der Waals surface area contributed by atoms with Gasteiger partial charge >= 0.3 is 0 Å². The van der Waals surface area contributed by atoms with Gasteiger partial charge in [0.15, 0.2) is 17.2 Å². The van der Waals surface area contributed by atoms with Crippen LogP contribution in [-0.4, -0.2) is 43.4 Å². The molecular formula is C38H46O7. The topological polar surface area (TPSA) is 132 Å². The molecule has 4 N–H and O–H groups in total. The molecule has 0 spiro atoms. The highest BCUT2D eigenvalue weighted by Crippen LogP contribution is 2.65. The van der Waals surface area contributed by atoms with Crippen LogP contribution in [0.1, 0.15) is 109 Å². The standard InChI is InChI=1S/C38H46O7/c1-18(2)21-11-13-22(14-12-21)23-15-25(35(6,7)8)30(40)27-24(23)16-36(9)17-37(10)28(19(3)4)31(41)26(20(5)39)33(43)38(37,45)34(44)29(36)32(27)42/h11-15,18-19,28,40-41,44-45H,16-17H2,1-10H3/t28?,36-,37-,38+/m1/s1. The lowest BCUT2D eigenvalue weighted by Crippen LogP contribution is -2.67. The number of carbonyl (C=O) groups is 3. The average Bonchev–Trinajstić information content (AvgIpc) is 2.89. The van der Waals surface area contributed by atoms with E-state index in [1.807, 2.05) is 59.7 Å². The fraction of sp³-hybridized carbons (Fsp3) is 0.500. The molecule has 7 nitrogen and oxygen atoms in total. The molecule has 0 amide bonds. The summed E-state index contributed by atoms with van der Waals surface area (Å²) >= 11 is 0. The Morgan fingerprint density at radius 1 is 0.978 bits per heavy atom. The first kappa shape index (κ1) is 32.7. The van der Waals surface area contributed by atoms with Crippen LogP contribution in [0, 0.1) is 22.7 Å². The molecule has 0 radical (unpaired) electrons. The van der Waals surface area contributed by atoms with E-state index in [4.69, 9.17) is 0 Å². The molecule has 45 heavy (non-hydrogen) atoms. The number of benzene rings is 2. The molecule has 0 aromatic heterocycles. The maximum absolute atomic E-state index is 14.7. The first-order chi connectivity index (χ1) is 20.6. The van der Waals surface area contributed by atoms with Crippen LogP contribution in [-0.2, 0) is 21.4 Å². The molecule has 5 rings (SSSR count). The van der Waals surface area contributed by atoms with Gasteiger partial charge in [0.25, 0.3) is 0 Å². The van der Waals surface area contributed by atoms with E-state index in [0.29, 0.717) is 17.0 Å². The van der Waals surface area contributed by atoms with Crippen LogP contribution < -0.4 is 0 Å². The number of carbonyl (C=O) groups excluding carboxylic acids is 3. The molecule has 3 aliphatic carbocycles. The maximum atomic E-state index is 14.7. The monoisotopic (exact) mass is 614 g/mol. The van der Waals surface area contributed by atoms with Crippen molar-refractivity contribution in [2.45, 2.75) is 99.0 Å². The van der Waals surface area contributed by atoms with E-state index in [-0.39, 0.29) is 35.6 Å². The van der Waals surface area contributed by atoms with E-state index in [1.165, 1.54) is 5.56 Å². The van der Waals surface area contributed by atoms with Crippen LogP contribution in [0.5, 0.6) is 5.75 Å². The summed E-state index contributed by atoms with van der Waals surface area (Å²) in [4.78, 5) is 41.3. The summed E-state index contributed by atoms with van der Waals surface area (Å²) in [6, 6.07) is 10.1. The third-order valence-corrected chi connectivity index (χ3v) is 10.7. The Morgan fingerprint density at radius 2 is 1.56 bits per heavy atom. The molecule has 1 unspecified atom stereocenters. The minimum atomic E-state index is -2.63. The molecule has 0 fully saturated rings. The number of ketones is 3. The third-order valence-electron chi connectivity index (χ3n) is 10.7. The Bertz CT molecular complexity index is 1720. The smallest absolute Gasteiger partial charge is 0.209 e. The normalized spacial score (nSPS) is 28.4. The van der Waals surface area contributed by atoms with Crippen LogP contribution >= 0.6 is 0 Å². The zero-order valence-corrected chi connectivity index (χ0v) is 28.0. The van der Waals surface area contributed by atoms with Crippen LogP contribution in [0.3, 0.4) is 0 Å². The van der Waals surface area contributed by atoms with E-state index in [0.717, 1.165) is 18.1 Å². The number of aliphatic hydroxyl groups excluding tert-OH is 2. The molecule has 0 heterocycles. The second-order valence-electron chi connectivity index (χ2n) is 15.7. The van der Waals surface area contributed by atoms with Gasteiger partial charge in [0.05, 0.1) is 5.56 Å². The summed E-state index contributed by atoms with van der Waals surface area (Å²) < 4.78 is 0. The average molecular weight is 615 g/mol. The molecule has 0 saturated heterocycles. The number of aromatic hydroxyl groups is 1. The Kier molecular flexibility index (Phi) is 7.37. The number of phenols is 1. The van der Waals surface area contributed by atoms with Crippen molar-refractivity contribution >= 4 is 17.3 Å². The van der Waals surface area contributed by atoms with Crippen LogP contribution in [0.25, 0.3) is 11.1 Å². The Hall–Kier alpha value is -3.71. The maximum Gasteiger partial charge on any atom is 0.209 e. The highest BCUT2D eigenvalue weighted by Gasteiger charge is 2.71. The van der Waals surface area contributed by atoms with E-state index in [1.54, 1.807) is 6.92 Å². The molecule has 0 aliphatic heterocycles. The van der Waals surface area contributed by atoms with Crippen molar-refractivity contribution in [3.63, 3.8) is 0 Å². The number of aliphatic hydroxyl groups is 3. The van der Waals surface area contributed by atoms with Gasteiger partial charge in [-0.2, -0.15) is 0 Å². The van der Waals surface area contributed by atoms with Crippen LogP contribution in [0.4, 0.5) is 0 Å². The summed E-state index contributed by atoms with van der Waals surface area (Å²) in [5, 5.41) is 47.4. The molecule has 3 aliphatic rings. The van der Waals surface area contributed by atoms with Gasteiger partial charge in [-0.3, -0.25) is 14.4 Å². The third kappa shape index (κ3) is 4.37. The summed E-state index contributed by atoms with van der Waals surface area (Å²) in [6.45, 7) is 18.3. The first-order valence-electron chi connectivity index (χ1n) is 15.8. The van der Waals surface area contributed by atoms with Crippen LogP contribution in [0.15, 0.2) is 53.0 Å². The predicted molar refractivity (Wildman–Crippen MR) is 173 cm³/mol. The van der Waals surface area contributed by atoms with Gasteiger partial charge in [-0.15, -0.1) is 0 Å². The minimum absolute atomic E-state index is 0.0467. The summed E-state index contributed by atoms with van der Waals surface area (Å²) in [5.74, 6) is -4.76. The minimum Gasteiger partial charge on any atom is -0.511 e. The van der Waals surface area contributed by atoms with Crippen molar-refractivity contribution in [3.05, 3.63) is 75.3 Å². The first-order valence-corrected chi connectivity index (χ1v) is 15.8. The van der Waals surface area contributed by atoms with Gasteiger partial charge in [-0.05, 0) is 65.3 Å². The van der Waals surface area contributed by atoms with E-state index < -0.39 is 62.2 Å². The van der Waals surface area contributed by atoms with E-state index in [2.05, 4.69) is 26.0 Å². The molecule has 4 atom stereocenters. The lowest BCUT2D eigenvalue weighted by atomic mass is 9.44. The molecule has 0 bridgehead atoms. The van der Waals surface area contributed by atoms with Gasteiger partial charge < -0.3 is 20.4 Å². The van der Waals surface area contributed by atoms with Crippen molar-refractivity contribution < 1.29 is 34.8 Å². The molecular weight excluding hydrogens is 568 g/mol. The molecule has 2 aromatic carbocycles. The Labute approximate surface area is 265 Å². The second-order valence-corrected chi connectivity index (χ2v) is 15.7. The van der Waals surface area contributed by atoms with Gasteiger partial charge in [-0.1, -0.05) is 86.6 Å². The number of allylic oxidation sites excluding steroid dienone is 2. The number of hydrogen-bond acceptors (Lipinski definition) is 7. The molecule has 240 valence electrons. The predicted octanol–water partition coefficient (Wildman–Crippen LogP) is 7.43. The zero-order chi connectivity index (χ0) is 33.8. The van der Waals surface area contributed by atoms with Crippen LogP contribution in [0.2, 0.25) is 0 Å². The van der Waals surface area contributed by atoms with E-state index in [9.17, 15) is 34.8 Å². The van der Waals surface area contributed by atoms with Gasteiger partial charge in [-0.25, -0.2) is 0 Å². The lowest BCUT2D eigenvalue weighted by Gasteiger charge is -2.59. The number of Topliss-reactive ketones (excluding diaryl/α,β-unsaturated/α-hetero) is 3. The zero-order valence-electron chi connectivity index (χ0n) is 28.0. The number of fused-ring (bicyclic) bond motifs is 3. The van der Waals surface area contributed by atoms with E-state index >= 15 is 0 Å². The quantitative estimate of drug-likeness (QED) is 0.263. The van der Waals surface area contributed by atoms with Gasteiger partial charge in [0.2, 0.25) is 5.78 Å². The fourth-order valence-electron chi connectivity index (χ4n) is 8.68. The fourth-order valence-corrected chi connectivity index (χ4v) is 8.68. The molecule has 2 aromatic rings. The highest BCUT2D eigenvalue weighted by molar-refractivity contribution is 6.25. The number of rotatable bonds is 4.